The lowest BCUT2D eigenvalue weighted by Crippen LogP contribution is -2.51. The first-order valence-electron chi connectivity index (χ1n) is 8.40. The van der Waals surface area contributed by atoms with E-state index in [-0.39, 0.29) is 11.9 Å². The summed E-state index contributed by atoms with van der Waals surface area (Å²) in [5, 5.41) is 3.00. The molecule has 2 saturated heterocycles. The van der Waals surface area contributed by atoms with Crippen molar-refractivity contribution in [1.82, 2.24) is 15.1 Å². The van der Waals surface area contributed by atoms with Gasteiger partial charge in [-0.15, -0.1) is 0 Å². The molecule has 1 N–H and O–H groups in total. The van der Waals surface area contributed by atoms with Crippen molar-refractivity contribution < 1.29 is 9.59 Å². The van der Waals surface area contributed by atoms with E-state index in [1.54, 1.807) is 0 Å². The molecular weight excluding hydrogens is 266 g/mol. The van der Waals surface area contributed by atoms with Gasteiger partial charge in [-0.05, 0) is 51.4 Å². The first-order valence-corrected chi connectivity index (χ1v) is 8.40. The van der Waals surface area contributed by atoms with E-state index in [4.69, 9.17) is 0 Å². The summed E-state index contributed by atoms with van der Waals surface area (Å²) in [5.74, 6) is 0.675. The normalized spacial score (nSPS) is 38.1. The Kier molecular flexibility index (Phi) is 3.95. The average Bonchev–Trinajstić information content (AvgIpc) is 2.69. The fourth-order valence-corrected chi connectivity index (χ4v) is 3.95. The molecule has 1 spiro atoms. The van der Waals surface area contributed by atoms with E-state index in [0.29, 0.717) is 18.6 Å². The summed E-state index contributed by atoms with van der Waals surface area (Å²) in [7, 11) is 0. The van der Waals surface area contributed by atoms with E-state index >= 15 is 0 Å². The molecule has 2 aliphatic heterocycles. The standard InChI is InChI=1S/C16H27N3O2/c1-12-6-8-16(9-7-12)14(20)19(15(21)17-16)11-18-10-4-3-5-13(18)2/h12-13H,3-11H2,1-2H3,(H,17,21)/t12?,13-,16?/m1/s1. The van der Waals surface area contributed by atoms with Crippen LogP contribution in [0, 0.1) is 5.92 Å². The Labute approximate surface area is 127 Å². The van der Waals surface area contributed by atoms with Crippen molar-refractivity contribution in [3.8, 4) is 0 Å². The third-order valence-electron chi connectivity index (χ3n) is 5.64. The smallest absolute Gasteiger partial charge is 0.323 e. The van der Waals surface area contributed by atoms with Crippen molar-refractivity contribution in [2.24, 2.45) is 5.92 Å². The highest BCUT2D eigenvalue weighted by Crippen LogP contribution is 2.36. The lowest BCUT2D eigenvalue weighted by atomic mass is 9.77. The summed E-state index contributed by atoms with van der Waals surface area (Å²) < 4.78 is 0. The van der Waals surface area contributed by atoms with Crippen LogP contribution in [-0.2, 0) is 4.79 Å². The molecule has 0 aromatic heterocycles. The van der Waals surface area contributed by atoms with Crippen molar-refractivity contribution in [2.45, 2.75) is 70.4 Å². The van der Waals surface area contributed by atoms with Crippen molar-refractivity contribution >= 4 is 11.9 Å². The number of urea groups is 1. The first kappa shape index (κ1) is 14.8. The molecule has 3 aliphatic rings. The van der Waals surface area contributed by atoms with E-state index in [1.807, 2.05) is 0 Å². The van der Waals surface area contributed by atoms with Crippen LogP contribution in [0.4, 0.5) is 4.79 Å². The highest BCUT2D eigenvalue weighted by molar-refractivity contribution is 6.07. The third kappa shape index (κ3) is 2.68. The predicted octanol–water partition coefficient (Wildman–Crippen LogP) is 2.32. The molecule has 3 fully saturated rings. The summed E-state index contributed by atoms with van der Waals surface area (Å²) in [6.45, 7) is 5.86. The van der Waals surface area contributed by atoms with Crippen LogP contribution in [-0.4, -0.2) is 46.5 Å². The maximum atomic E-state index is 12.8. The zero-order valence-electron chi connectivity index (χ0n) is 13.2. The van der Waals surface area contributed by atoms with E-state index in [1.165, 1.54) is 11.3 Å². The monoisotopic (exact) mass is 293 g/mol. The number of nitrogens with zero attached hydrogens (tertiary/aromatic N) is 2. The number of carbonyl (C=O) groups excluding carboxylic acids is 2. The number of nitrogens with one attached hydrogen (secondary N) is 1. The molecule has 1 atom stereocenters. The maximum Gasteiger partial charge on any atom is 0.326 e. The van der Waals surface area contributed by atoms with Gasteiger partial charge in [-0.3, -0.25) is 9.69 Å². The molecule has 2 heterocycles. The highest BCUT2D eigenvalue weighted by Gasteiger charge is 2.52. The van der Waals surface area contributed by atoms with Gasteiger partial charge in [0.1, 0.15) is 5.54 Å². The third-order valence-corrected chi connectivity index (χ3v) is 5.64. The summed E-state index contributed by atoms with van der Waals surface area (Å²) in [6.07, 6.45) is 7.22. The topological polar surface area (TPSA) is 52.7 Å². The maximum absolute atomic E-state index is 12.8. The van der Waals surface area contributed by atoms with Crippen LogP contribution in [0.3, 0.4) is 0 Å². The molecule has 5 nitrogen and oxygen atoms in total. The Hall–Kier alpha value is -1.10. The Morgan fingerprint density at radius 1 is 1.14 bits per heavy atom. The molecule has 0 radical (unpaired) electrons. The van der Waals surface area contributed by atoms with Crippen LogP contribution in [0.2, 0.25) is 0 Å². The lowest BCUT2D eigenvalue weighted by Gasteiger charge is -2.36. The largest absolute Gasteiger partial charge is 0.326 e. The van der Waals surface area contributed by atoms with Gasteiger partial charge in [0, 0.05) is 12.6 Å². The zero-order chi connectivity index (χ0) is 15.0. The number of amides is 3. The molecule has 0 aromatic rings. The molecule has 0 unspecified atom stereocenters. The van der Waals surface area contributed by atoms with Gasteiger partial charge in [0.05, 0.1) is 6.67 Å². The second kappa shape index (κ2) is 5.59. The van der Waals surface area contributed by atoms with Crippen LogP contribution >= 0.6 is 0 Å². The van der Waals surface area contributed by atoms with E-state index in [9.17, 15) is 9.59 Å². The second-order valence-electron chi connectivity index (χ2n) is 7.23. The summed E-state index contributed by atoms with van der Waals surface area (Å²) in [6, 6.07) is 0.273. The molecule has 1 saturated carbocycles. The van der Waals surface area contributed by atoms with Gasteiger partial charge in [-0.25, -0.2) is 9.69 Å². The van der Waals surface area contributed by atoms with Crippen molar-refractivity contribution in [1.29, 1.82) is 0 Å². The summed E-state index contributed by atoms with van der Waals surface area (Å²) >= 11 is 0. The fraction of sp³-hybridized carbons (Fsp3) is 0.875. The summed E-state index contributed by atoms with van der Waals surface area (Å²) in [5.41, 5.74) is -0.595. The fourth-order valence-electron chi connectivity index (χ4n) is 3.95. The lowest BCUT2D eigenvalue weighted by molar-refractivity contribution is -0.134. The average molecular weight is 293 g/mol. The van der Waals surface area contributed by atoms with Crippen LogP contribution in [0.25, 0.3) is 0 Å². The van der Waals surface area contributed by atoms with Crippen molar-refractivity contribution in [2.75, 3.05) is 13.2 Å². The van der Waals surface area contributed by atoms with Gasteiger partial charge >= 0.3 is 6.03 Å². The molecule has 1 aliphatic carbocycles. The molecule has 118 valence electrons. The number of piperidine rings is 1. The van der Waals surface area contributed by atoms with Gasteiger partial charge in [-0.1, -0.05) is 13.3 Å². The van der Waals surface area contributed by atoms with Gasteiger partial charge in [0.2, 0.25) is 0 Å². The number of likely N-dealkylation sites (tertiary alicyclic amines) is 1. The van der Waals surface area contributed by atoms with Crippen LogP contribution in [0.1, 0.15) is 58.8 Å². The number of rotatable bonds is 2. The Balaban J connectivity index is 1.69. The van der Waals surface area contributed by atoms with Gasteiger partial charge in [0.25, 0.3) is 5.91 Å². The van der Waals surface area contributed by atoms with Crippen molar-refractivity contribution in [3.63, 3.8) is 0 Å². The first-order chi connectivity index (χ1) is 10.0. The zero-order valence-corrected chi connectivity index (χ0v) is 13.2. The van der Waals surface area contributed by atoms with E-state index in [0.717, 1.165) is 45.1 Å². The number of hydrogen-bond donors (Lipinski definition) is 1. The van der Waals surface area contributed by atoms with Gasteiger partial charge < -0.3 is 5.32 Å². The van der Waals surface area contributed by atoms with Gasteiger partial charge in [0.15, 0.2) is 0 Å². The SMILES string of the molecule is CC1CCC2(CC1)NC(=O)N(CN1CCCC[C@H]1C)C2=O. The molecule has 3 amide bonds. The summed E-state index contributed by atoms with van der Waals surface area (Å²) in [4.78, 5) is 28.8. The molecule has 21 heavy (non-hydrogen) atoms. The molecule has 0 bridgehead atoms. The van der Waals surface area contributed by atoms with E-state index in [2.05, 4.69) is 24.1 Å². The Morgan fingerprint density at radius 2 is 1.86 bits per heavy atom. The van der Waals surface area contributed by atoms with Crippen molar-refractivity contribution in [3.05, 3.63) is 0 Å². The van der Waals surface area contributed by atoms with Crippen LogP contribution < -0.4 is 5.32 Å². The predicted molar refractivity (Wildman–Crippen MR) is 80.6 cm³/mol. The minimum Gasteiger partial charge on any atom is -0.323 e. The molecule has 3 rings (SSSR count). The number of carbonyl (C=O) groups is 2. The quantitative estimate of drug-likeness (QED) is 0.795. The molecule has 0 aromatic carbocycles. The van der Waals surface area contributed by atoms with E-state index < -0.39 is 5.54 Å². The van der Waals surface area contributed by atoms with Crippen LogP contribution in [0.5, 0.6) is 0 Å². The molecular formula is C16H27N3O2. The second-order valence-corrected chi connectivity index (χ2v) is 7.23. The van der Waals surface area contributed by atoms with Crippen LogP contribution in [0.15, 0.2) is 0 Å². The Morgan fingerprint density at radius 3 is 2.52 bits per heavy atom. The van der Waals surface area contributed by atoms with Gasteiger partial charge in [-0.2, -0.15) is 0 Å². The number of imide groups is 1. The number of hydrogen-bond acceptors (Lipinski definition) is 3. The highest BCUT2D eigenvalue weighted by atomic mass is 16.2. The minimum atomic E-state index is -0.595. The molecule has 5 heteroatoms. The minimum absolute atomic E-state index is 0.0113. The Bertz CT molecular complexity index is 429.